The number of hydrogen-bond donors (Lipinski definition) is 1. The zero-order valence-corrected chi connectivity index (χ0v) is 20.3. The number of carbonyl (C=O) groups is 2. The minimum Gasteiger partial charge on any atom is -0.496 e. The van der Waals surface area contributed by atoms with Crippen molar-refractivity contribution in [1.29, 1.82) is 0 Å². The summed E-state index contributed by atoms with van der Waals surface area (Å²) in [7, 11) is 1.61. The summed E-state index contributed by atoms with van der Waals surface area (Å²) >= 11 is 0. The fraction of sp³-hybridized carbons (Fsp3) is 0.286. The van der Waals surface area contributed by atoms with E-state index >= 15 is 0 Å². The molecule has 2 atom stereocenters. The number of likely N-dealkylation sites (tertiary alicyclic amines) is 1. The highest BCUT2D eigenvalue weighted by atomic mass is 16.7. The average Bonchev–Trinajstić information content (AvgIpc) is 3.70. The second-order valence-electron chi connectivity index (χ2n) is 9.14. The van der Waals surface area contributed by atoms with Gasteiger partial charge in [-0.25, -0.2) is 0 Å². The maximum absolute atomic E-state index is 13.5. The van der Waals surface area contributed by atoms with E-state index in [2.05, 4.69) is 5.32 Å². The minimum atomic E-state index is -0.455. The van der Waals surface area contributed by atoms with Gasteiger partial charge < -0.3 is 33.9 Å². The first kappa shape index (κ1) is 23.0. The highest BCUT2D eigenvalue weighted by molar-refractivity contribution is 5.96. The molecule has 190 valence electrons. The lowest BCUT2D eigenvalue weighted by Crippen LogP contribution is -2.35. The molecule has 37 heavy (non-hydrogen) atoms. The van der Waals surface area contributed by atoms with Crippen LogP contribution in [0.15, 0.2) is 60.7 Å². The van der Waals surface area contributed by atoms with Gasteiger partial charge in [0.05, 0.1) is 13.0 Å². The number of carbonyl (C=O) groups excluding carboxylic acids is 2. The van der Waals surface area contributed by atoms with E-state index in [1.807, 2.05) is 42.5 Å². The van der Waals surface area contributed by atoms with E-state index in [1.165, 1.54) is 0 Å². The van der Waals surface area contributed by atoms with Gasteiger partial charge in [0.25, 0.3) is 5.91 Å². The molecule has 3 aliphatic rings. The molecule has 1 N–H and O–H groups in total. The van der Waals surface area contributed by atoms with Crippen molar-refractivity contribution >= 4 is 11.8 Å². The van der Waals surface area contributed by atoms with Crippen molar-refractivity contribution < 1.29 is 33.3 Å². The molecule has 0 bridgehead atoms. The van der Waals surface area contributed by atoms with Crippen molar-refractivity contribution in [1.82, 2.24) is 10.2 Å². The highest BCUT2D eigenvalue weighted by Crippen LogP contribution is 2.39. The van der Waals surface area contributed by atoms with Gasteiger partial charge in [-0.15, -0.1) is 0 Å². The van der Waals surface area contributed by atoms with E-state index in [4.69, 9.17) is 23.7 Å². The summed E-state index contributed by atoms with van der Waals surface area (Å²) in [6.07, 6.45) is 0. The molecular weight excluding hydrogens is 476 g/mol. The van der Waals surface area contributed by atoms with E-state index in [0.29, 0.717) is 47.4 Å². The molecule has 9 nitrogen and oxygen atoms in total. The summed E-state index contributed by atoms with van der Waals surface area (Å²) in [5, 5.41) is 3.05. The van der Waals surface area contributed by atoms with Gasteiger partial charge in [0, 0.05) is 31.1 Å². The smallest absolute Gasteiger partial charge is 0.254 e. The maximum atomic E-state index is 13.5. The predicted octanol–water partition coefficient (Wildman–Crippen LogP) is 3.32. The average molecular weight is 503 g/mol. The summed E-state index contributed by atoms with van der Waals surface area (Å²) in [6, 6.07) is 18.4. The van der Waals surface area contributed by atoms with Crippen LogP contribution in [0.3, 0.4) is 0 Å². The Morgan fingerprint density at radius 2 is 1.59 bits per heavy atom. The van der Waals surface area contributed by atoms with Gasteiger partial charge in [-0.05, 0) is 47.5 Å². The van der Waals surface area contributed by atoms with Crippen LogP contribution in [0.5, 0.6) is 28.7 Å². The summed E-state index contributed by atoms with van der Waals surface area (Å²) < 4.78 is 27.2. The molecule has 0 aromatic heterocycles. The Bertz CT molecular complexity index is 1360. The first-order valence-electron chi connectivity index (χ1n) is 12.1. The van der Waals surface area contributed by atoms with Crippen molar-refractivity contribution in [3.05, 3.63) is 77.4 Å². The lowest BCUT2D eigenvalue weighted by Gasteiger charge is -2.20. The van der Waals surface area contributed by atoms with Crippen LogP contribution in [0.2, 0.25) is 0 Å². The number of nitrogens with zero attached hydrogens (tertiary/aromatic N) is 1. The molecule has 0 saturated carbocycles. The topological polar surface area (TPSA) is 95.6 Å². The third-order valence-corrected chi connectivity index (χ3v) is 7.01. The molecule has 2 amide bonds. The zero-order valence-electron chi connectivity index (χ0n) is 20.3. The Morgan fingerprint density at radius 3 is 2.38 bits per heavy atom. The molecule has 9 heteroatoms. The van der Waals surface area contributed by atoms with Crippen LogP contribution in [0.25, 0.3) is 0 Å². The lowest BCUT2D eigenvalue weighted by molar-refractivity contribution is -0.125. The van der Waals surface area contributed by atoms with Gasteiger partial charge >= 0.3 is 0 Å². The third-order valence-electron chi connectivity index (χ3n) is 7.01. The summed E-state index contributed by atoms with van der Waals surface area (Å²) in [5.41, 5.74) is 2.29. The van der Waals surface area contributed by atoms with Gasteiger partial charge in [0.2, 0.25) is 19.5 Å². The molecule has 6 rings (SSSR count). The van der Waals surface area contributed by atoms with Gasteiger partial charge in [-0.1, -0.05) is 24.3 Å². The van der Waals surface area contributed by atoms with Crippen LogP contribution in [0.4, 0.5) is 0 Å². The third kappa shape index (κ3) is 4.37. The molecular formula is C28H26N2O7. The van der Waals surface area contributed by atoms with E-state index in [9.17, 15) is 9.59 Å². The number of rotatable bonds is 6. The first-order valence-corrected chi connectivity index (χ1v) is 12.1. The van der Waals surface area contributed by atoms with E-state index in [-0.39, 0.29) is 37.9 Å². The number of amides is 2. The Balaban J connectivity index is 1.23. The molecule has 3 aliphatic heterocycles. The second-order valence-corrected chi connectivity index (χ2v) is 9.14. The number of fused-ring (bicyclic) bond motifs is 2. The molecule has 3 aromatic rings. The highest BCUT2D eigenvalue weighted by Gasteiger charge is 2.41. The fourth-order valence-corrected chi connectivity index (χ4v) is 5.11. The summed E-state index contributed by atoms with van der Waals surface area (Å²) in [4.78, 5) is 28.7. The van der Waals surface area contributed by atoms with Gasteiger partial charge in [-0.2, -0.15) is 0 Å². The molecule has 0 radical (unpaired) electrons. The maximum Gasteiger partial charge on any atom is 0.254 e. The van der Waals surface area contributed by atoms with Crippen LogP contribution in [0, 0.1) is 5.92 Å². The van der Waals surface area contributed by atoms with Crippen LogP contribution in [-0.4, -0.2) is 50.5 Å². The number of hydrogen-bond acceptors (Lipinski definition) is 7. The number of benzene rings is 3. The van der Waals surface area contributed by atoms with Crippen LogP contribution in [-0.2, 0) is 11.3 Å². The number of ether oxygens (including phenoxy) is 5. The summed E-state index contributed by atoms with van der Waals surface area (Å²) in [5.74, 6) is 2.24. The zero-order chi connectivity index (χ0) is 25.4. The molecule has 0 spiro atoms. The van der Waals surface area contributed by atoms with Crippen molar-refractivity contribution in [2.45, 2.75) is 12.5 Å². The summed E-state index contributed by atoms with van der Waals surface area (Å²) in [6.45, 7) is 1.33. The molecule has 1 saturated heterocycles. The Labute approximate surface area is 213 Å². The lowest BCUT2D eigenvalue weighted by atomic mass is 9.87. The molecule has 3 heterocycles. The Morgan fingerprint density at radius 1 is 0.892 bits per heavy atom. The minimum absolute atomic E-state index is 0.130. The number of methoxy groups -OCH3 is 1. The van der Waals surface area contributed by atoms with Crippen LogP contribution < -0.4 is 29.0 Å². The molecule has 1 fully saturated rings. The van der Waals surface area contributed by atoms with Gasteiger partial charge in [-0.3, -0.25) is 9.59 Å². The van der Waals surface area contributed by atoms with E-state index in [0.717, 1.165) is 11.1 Å². The van der Waals surface area contributed by atoms with Crippen molar-refractivity contribution in [2.75, 3.05) is 33.8 Å². The molecule has 0 unspecified atom stereocenters. The van der Waals surface area contributed by atoms with Crippen LogP contribution >= 0.6 is 0 Å². The standard InChI is InChI=1S/C28H26N2O7/c1-33-22-5-3-2-4-19(22)20-13-30(28(32)18-7-9-24-26(11-18)37-16-35-24)14-21(20)27(31)29-12-17-6-8-23-25(10-17)36-15-34-23/h2-11,20-21H,12-16H2,1H3,(H,29,31)/t20-,21-/m1/s1. The van der Waals surface area contributed by atoms with E-state index in [1.54, 1.807) is 30.2 Å². The monoisotopic (exact) mass is 502 g/mol. The molecule has 3 aromatic carbocycles. The van der Waals surface area contributed by atoms with Gasteiger partial charge in [0.1, 0.15) is 5.75 Å². The Kier molecular flexibility index (Phi) is 5.96. The number of para-hydroxylation sites is 1. The number of nitrogens with one attached hydrogen (secondary N) is 1. The fourth-order valence-electron chi connectivity index (χ4n) is 5.11. The second kappa shape index (κ2) is 9.57. The largest absolute Gasteiger partial charge is 0.496 e. The van der Waals surface area contributed by atoms with E-state index < -0.39 is 5.92 Å². The molecule has 0 aliphatic carbocycles. The van der Waals surface area contributed by atoms with Crippen LogP contribution in [0.1, 0.15) is 27.4 Å². The van der Waals surface area contributed by atoms with Crippen molar-refractivity contribution in [3.8, 4) is 28.7 Å². The first-order chi connectivity index (χ1) is 18.1. The Hall–Kier alpha value is -4.40. The van der Waals surface area contributed by atoms with Crippen molar-refractivity contribution in [3.63, 3.8) is 0 Å². The predicted molar refractivity (Wildman–Crippen MR) is 132 cm³/mol. The SMILES string of the molecule is COc1ccccc1[C@H]1CN(C(=O)c2ccc3c(c2)OCO3)C[C@H]1C(=O)NCc1ccc2c(c1)OCO2. The van der Waals surface area contributed by atoms with Gasteiger partial charge in [0.15, 0.2) is 23.0 Å². The van der Waals surface area contributed by atoms with Crippen molar-refractivity contribution in [2.24, 2.45) is 5.92 Å². The quantitative estimate of drug-likeness (QED) is 0.553. The normalized spacial score (nSPS) is 19.1.